The Balaban J connectivity index is 1.89. The van der Waals surface area contributed by atoms with Crippen molar-refractivity contribution < 1.29 is 4.79 Å². The van der Waals surface area contributed by atoms with Crippen molar-refractivity contribution >= 4 is 5.91 Å². The maximum absolute atomic E-state index is 12.0. The maximum atomic E-state index is 12.0. The molecule has 1 amide bonds. The van der Waals surface area contributed by atoms with E-state index in [2.05, 4.69) is 10.6 Å². The highest BCUT2D eigenvalue weighted by atomic mass is 16.1. The Bertz CT molecular complexity index is 257. The molecule has 1 saturated heterocycles. The standard InChI is InChI=1S/C13H24N2O/c1-10(2)15-12(16)11-3-4-13(9-11)5-7-14-8-6-13/h10-11,14H,3-9H2,1-2H3,(H,15,16)/t11-/m0/s1. The number of hydrogen-bond donors (Lipinski definition) is 2. The lowest BCUT2D eigenvalue weighted by atomic mass is 9.77. The van der Waals surface area contributed by atoms with Gasteiger partial charge in [0, 0.05) is 12.0 Å². The summed E-state index contributed by atoms with van der Waals surface area (Å²) in [5, 5.41) is 6.46. The SMILES string of the molecule is CC(C)NC(=O)[C@H]1CCC2(CCNCC2)C1. The highest BCUT2D eigenvalue weighted by Crippen LogP contribution is 2.47. The summed E-state index contributed by atoms with van der Waals surface area (Å²) >= 11 is 0. The topological polar surface area (TPSA) is 41.1 Å². The number of nitrogens with one attached hydrogen (secondary N) is 2. The van der Waals surface area contributed by atoms with Crippen LogP contribution in [-0.4, -0.2) is 25.0 Å². The molecule has 1 atom stereocenters. The molecule has 2 N–H and O–H groups in total. The van der Waals surface area contributed by atoms with Crippen molar-refractivity contribution in [2.75, 3.05) is 13.1 Å². The number of rotatable bonds is 2. The lowest BCUT2D eigenvalue weighted by Crippen LogP contribution is -2.37. The second-order valence-electron chi connectivity index (χ2n) is 5.85. The van der Waals surface area contributed by atoms with Crippen LogP contribution in [0.15, 0.2) is 0 Å². The van der Waals surface area contributed by atoms with Gasteiger partial charge in [0.1, 0.15) is 0 Å². The summed E-state index contributed by atoms with van der Waals surface area (Å²) < 4.78 is 0. The van der Waals surface area contributed by atoms with Gasteiger partial charge < -0.3 is 10.6 Å². The second-order valence-corrected chi connectivity index (χ2v) is 5.85. The molecule has 2 rings (SSSR count). The molecule has 1 spiro atoms. The Morgan fingerprint density at radius 3 is 2.62 bits per heavy atom. The van der Waals surface area contributed by atoms with Crippen molar-refractivity contribution in [1.82, 2.24) is 10.6 Å². The Hall–Kier alpha value is -0.570. The first kappa shape index (κ1) is 11.9. The minimum atomic E-state index is 0.275. The van der Waals surface area contributed by atoms with Gasteiger partial charge >= 0.3 is 0 Å². The van der Waals surface area contributed by atoms with Crippen LogP contribution in [0.4, 0.5) is 0 Å². The highest BCUT2D eigenvalue weighted by molar-refractivity contribution is 5.79. The maximum Gasteiger partial charge on any atom is 0.223 e. The van der Waals surface area contributed by atoms with Gasteiger partial charge in [0.25, 0.3) is 0 Å². The third kappa shape index (κ3) is 2.57. The molecule has 2 aliphatic rings. The molecule has 0 aromatic rings. The van der Waals surface area contributed by atoms with E-state index in [-0.39, 0.29) is 17.9 Å². The van der Waals surface area contributed by atoms with E-state index in [9.17, 15) is 4.79 Å². The van der Waals surface area contributed by atoms with Gasteiger partial charge in [-0.05, 0) is 64.5 Å². The molecule has 1 saturated carbocycles. The average molecular weight is 224 g/mol. The van der Waals surface area contributed by atoms with Gasteiger partial charge in [-0.1, -0.05) is 0 Å². The van der Waals surface area contributed by atoms with Crippen LogP contribution < -0.4 is 10.6 Å². The van der Waals surface area contributed by atoms with E-state index >= 15 is 0 Å². The van der Waals surface area contributed by atoms with Crippen LogP contribution in [0.2, 0.25) is 0 Å². The molecule has 3 heteroatoms. The van der Waals surface area contributed by atoms with Crippen molar-refractivity contribution in [3.05, 3.63) is 0 Å². The summed E-state index contributed by atoms with van der Waals surface area (Å²) in [6, 6.07) is 0.275. The lowest BCUT2D eigenvalue weighted by Gasteiger charge is -2.34. The molecule has 0 aromatic heterocycles. The first-order valence-corrected chi connectivity index (χ1v) is 6.62. The van der Waals surface area contributed by atoms with E-state index in [4.69, 9.17) is 0 Å². The van der Waals surface area contributed by atoms with E-state index in [0.717, 1.165) is 25.9 Å². The molecule has 0 unspecified atom stereocenters. The summed E-state index contributed by atoms with van der Waals surface area (Å²) in [5.74, 6) is 0.561. The molecule has 1 aliphatic carbocycles. The number of hydrogen-bond acceptors (Lipinski definition) is 2. The van der Waals surface area contributed by atoms with Crippen molar-refractivity contribution in [3.8, 4) is 0 Å². The van der Waals surface area contributed by atoms with Crippen molar-refractivity contribution in [2.45, 2.75) is 52.0 Å². The van der Waals surface area contributed by atoms with Crippen molar-refractivity contribution in [1.29, 1.82) is 0 Å². The minimum Gasteiger partial charge on any atom is -0.354 e. The molecular weight excluding hydrogens is 200 g/mol. The molecule has 3 nitrogen and oxygen atoms in total. The third-order valence-corrected chi connectivity index (χ3v) is 4.17. The number of carbonyl (C=O) groups is 1. The van der Waals surface area contributed by atoms with Crippen molar-refractivity contribution in [3.63, 3.8) is 0 Å². The summed E-state index contributed by atoms with van der Waals surface area (Å²) in [6.07, 6.45) is 5.99. The zero-order valence-corrected chi connectivity index (χ0v) is 10.5. The molecule has 0 radical (unpaired) electrons. The predicted molar refractivity (Wildman–Crippen MR) is 65.2 cm³/mol. The molecule has 0 bridgehead atoms. The van der Waals surface area contributed by atoms with Crippen LogP contribution in [0.3, 0.4) is 0 Å². The zero-order valence-electron chi connectivity index (χ0n) is 10.5. The molecule has 1 heterocycles. The normalized spacial score (nSPS) is 28.6. The Labute approximate surface area is 98.4 Å². The summed E-state index contributed by atoms with van der Waals surface area (Å²) in [6.45, 7) is 6.34. The fourth-order valence-corrected chi connectivity index (χ4v) is 3.24. The number of piperidine rings is 1. The summed E-state index contributed by atoms with van der Waals surface area (Å²) in [4.78, 5) is 12.0. The van der Waals surface area contributed by atoms with Gasteiger partial charge in [-0.25, -0.2) is 0 Å². The first-order chi connectivity index (χ1) is 7.61. The van der Waals surface area contributed by atoms with Gasteiger partial charge in [0.15, 0.2) is 0 Å². The second kappa shape index (κ2) is 4.74. The summed E-state index contributed by atoms with van der Waals surface area (Å²) in [5.41, 5.74) is 0.490. The summed E-state index contributed by atoms with van der Waals surface area (Å²) in [7, 11) is 0. The Morgan fingerprint density at radius 2 is 2.00 bits per heavy atom. The minimum absolute atomic E-state index is 0.275. The van der Waals surface area contributed by atoms with E-state index in [1.165, 1.54) is 19.3 Å². The van der Waals surface area contributed by atoms with E-state index in [1.54, 1.807) is 0 Å². The number of amides is 1. The number of carbonyl (C=O) groups excluding carboxylic acids is 1. The third-order valence-electron chi connectivity index (χ3n) is 4.17. The molecule has 92 valence electrons. The van der Waals surface area contributed by atoms with Crippen LogP contribution in [0, 0.1) is 11.3 Å². The fraction of sp³-hybridized carbons (Fsp3) is 0.923. The first-order valence-electron chi connectivity index (χ1n) is 6.62. The van der Waals surface area contributed by atoms with Crippen LogP contribution >= 0.6 is 0 Å². The lowest BCUT2D eigenvalue weighted by molar-refractivity contribution is -0.125. The van der Waals surface area contributed by atoms with Gasteiger partial charge in [0.05, 0.1) is 0 Å². The molecule has 0 aromatic carbocycles. The van der Waals surface area contributed by atoms with Gasteiger partial charge in [-0.2, -0.15) is 0 Å². The van der Waals surface area contributed by atoms with Gasteiger partial charge in [-0.3, -0.25) is 4.79 Å². The monoisotopic (exact) mass is 224 g/mol. The highest BCUT2D eigenvalue weighted by Gasteiger charge is 2.42. The van der Waals surface area contributed by atoms with Crippen LogP contribution in [-0.2, 0) is 4.79 Å². The Morgan fingerprint density at radius 1 is 1.31 bits per heavy atom. The van der Waals surface area contributed by atoms with E-state index < -0.39 is 0 Å². The van der Waals surface area contributed by atoms with E-state index in [0.29, 0.717) is 5.41 Å². The van der Waals surface area contributed by atoms with Crippen LogP contribution in [0.1, 0.15) is 46.0 Å². The molecule has 2 fully saturated rings. The smallest absolute Gasteiger partial charge is 0.223 e. The van der Waals surface area contributed by atoms with Crippen LogP contribution in [0.5, 0.6) is 0 Å². The molecular formula is C13H24N2O. The largest absolute Gasteiger partial charge is 0.354 e. The van der Waals surface area contributed by atoms with Gasteiger partial charge in [-0.15, -0.1) is 0 Å². The quantitative estimate of drug-likeness (QED) is 0.749. The van der Waals surface area contributed by atoms with E-state index in [1.807, 2.05) is 13.8 Å². The van der Waals surface area contributed by atoms with Crippen molar-refractivity contribution in [2.24, 2.45) is 11.3 Å². The fourth-order valence-electron chi connectivity index (χ4n) is 3.24. The van der Waals surface area contributed by atoms with Crippen LogP contribution in [0.25, 0.3) is 0 Å². The predicted octanol–water partition coefficient (Wildman–Crippen LogP) is 1.68. The molecule has 16 heavy (non-hydrogen) atoms. The Kier molecular flexibility index (Phi) is 3.53. The molecule has 1 aliphatic heterocycles. The van der Waals surface area contributed by atoms with Gasteiger partial charge in [0.2, 0.25) is 5.91 Å². The average Bonchev–Trinajstić information content (AvgIpc) is 2.62. The zero-order chi connectivity index (χ0) is 11.6.